The molecule has 0 aromatic heterocycles. The van der Waals surface area contributed by atoms with Gasteiger partial charge in [0.15, 0.2) is 0 Å². The van der Waals surface area contributed by atoms with Gasteiger partial charge in [-0.05, 0) is 31.0 Å². The predicted octanol–water partition coefficient (Wildman–Crippen LogP) is 3.20. The normalized spacial score (nSPS) is 10.2. The molecule has 17 heavy (non-hydrogen) atoms. The SMILES string of the molecule is CCOC(=O)CCCOCc1ccc(Cl)cc1. The molecular weight excluding hydrogens is 240 g/mol. The number of benzene rings is 1. The Morgan fingerprint density at radius 3 is 2.65 bits per heavy atom. The highest BCUT2D eigenvalue weighted by Crippen LogP contribution is 2.10. The van der Waals surface area contributed by atoms with E-state index in [2.05, 4.69) is 0 Å². The number of carbonyl (C=O) groups excluding carboxylic acids is 1. The van der Waals surface area contributed by atoms with Crippen LogP contribution in [-0.2, 0) is 20.9 Å². The first-order valence-electron chi connectivity index (χ1n) is 5.70. The Labute approximate surface area is 107 Å². The average Bonchev–Trinajstić information content (AvgIpc) is 2.31. The minimum Gasteiger partial charge on any atom is -0.466 e. The average molecular weight is 257 g/mol. The molecule has 94 valence electrons. The van der Waals surface area contributed by atoms with E-state index in [1.54, 1.807) is 6.92 Å². The smallest absolute Gasteiger partial charge is 0.305 e. The molecule has 0 fully saturated rings. The molecule has 0 amide bonds. The van der Waals surface area contributed by atoms with E-state index in [-0.39, 0.29) is 5.97 Å². The lowest BCUT2D eigenvalue weighted by Crippen LogP contribution is -2.05. The van der Waals surface area contributed by atoms with E-state index in [0.717, 1.165) is 10.6 Å². The van der Waals surface area contributed by atoms with Crippen LogP contribution in [0.15, 0.2) is 24.3 Å². The van der Waals surface area contributed by atoms with Crippen LogP contribution in [0.25, 0.3) is 0 Å². The summed E-state index contributed by atoms with van der Waals surface area (Å²) >= 11 is 5.77. The van der Waals surface area contributed by atoms with Crippen LogP contribution >= 0.6 is 11.6 Å². The molecule has 1 aromatic rings. The van der Waals surface area contributed by atoms with Gasteiger partial charge in [-0.1, -0.05) is 23.7 Å². The molecular formula is C13H17ClO3. The van der Waals surface area contributed by atoms with E-state index in [9.17, 15) is 4.79 Å². The zero-order valence-corrected chi connectivity index (χ0v) is 10.7. The summed E-state index contributed by atoms with van der Waals surface area (Å²) in [4.78, 5) is 11.0. The molecule has 0 bridgehead atoms. The Balaban J connectivity index is 2.08. The second-order valence-electron chi connectivity index (χ2n) is 3.59. The van der Waals surface area contributed by atoms with Gasteiger partial charge in [0.1, 0.15) is 0 Å². The number of esters is 1. The third-order valence-corrected chi connectivity index (χ3v) is 2.41. The molecule has 0 heterocycles. The molecule has 0 aliphatic heterocycles. The number of rotatable bonds is 7. The largest absolute Gasteiger partial charge is 0.466 e. The maximum Gasteiger partial charge on any atom is 0.305 e. The topological polar surface area (TPSA) is 35.5 Å². The summed E-state index contributed by atoms with van der Waals surface area (Å²) in [5.41, 5.74) is 1.07. The van der Waals surface area contributed by atoms with Crippen molar-refractivity contribution < 1.29 is 14.3 Å². The van der Waals surface area contributed by atoms with Crippen molar-refractivity contribution >= 4 is 17.6 Å². The molecule has 0 saturated carbocycles. The second kappa shape index (κ2) is 8.09. The Hall–Kier alpha value is -1.06. The molecule has 0 aliphatic carbocycles. The molecule has 0 radical (unpaired) electrons. The molecule has 3 nitrogen and oxygen atoms in total. The van der Waals surface area contributed by atoms with Crippen molar-refractivity contribution in [2.45, 2.75) is 26.4 Å². The molecule has 0 unspecified atom stereocenters. The predicted molar refractivity (Wildman–Crippen MR) is 67.0 cm³/mol. The summed E-state index contributed by atoms with van der Waals surface area (Å²) in [5.74, 6) is -0.164. The number of halogens is 1. The summed E-state index contributed by atoms with van der Waals surface area (Å²) in [6.45, 7) is 3.33. The van der Waals surface area contributed by atoms with Crippen LogP contribution in [0.5, 0.6) is 0 Å². The first-order chi connectivity index (χ1) is 8.22. The number of ether oxygens (including phenoxy) is 2. The highest BCUT2D eigenvalue weighted by atomic mass is 35.5. The molecule has 0 N–H and O–H groups in total. The standard InChI is InChI=1S/C13H17ClO3/c1-2-17-13(15)4-3-9-16-10-11-5-7-12(14)8-6-11/h5-8H,2-4,9-10H2,1H3. The lowest BCUT2D eigenvalue weighted by atomic mass is 10.2. The summed E-state index contributed by atoms with van der Waals surface area (Å²) < 4.78 is 10.2. The van der Waals surface area contributed by atoms with E-state index in [1.165, 1.54) is 0 Å². The van der Waals surface area contributed by atoms with Gasteiger partial charge in [-0.3, -0.25) is 4.79 Å². The van der Waals surface area contributed by atoms with Crippen molar-refractivity contribution in [1.29, 1.82) is 0 Å². The first kappa shape index (κ1) is 14.0. The summed E-state index contributed by atoms with van der Waals surface area (Å²) in [7, 11) is 0. The highest BCUT2D eigenvalue weighted by molar-refractivity contribution is 6.30. The van der Waals surface area contributed by atoms with Gasteiger partial charge in [0.05, 0.1) is 13.2 Å². The number of hydrogen-bond donors (Lipinski definition) is 0. The first-order valence-corrected chi connectivity index (χ1v) is 6.08. The Bertz CT molecular complexity index is 335. The van der Waals surface area contributed by atoms with E-state index >= 15 is 0 Å². The van der Waals surface area contributed by atoms with Crippen molar-refractivity contribution in [2.75, 3.05) is 13.2 Å². The molecule has 0 atom stereocenters. The number of carbonyl (C=O) groups is 1. The Morgan fingerprint density at radius 1 is 1.29 bits per heavy atom. The van der Waals surface area contributed by atoms with Crippen molar-refractivity contribution in [3.8, 4) is 0 Å². The molecule has 4 heteroatoms. The summed E-state index contributed by atoms with van der Waals surface area (Å²) in [6, 6.07) is 7.51. The van der Waals surface area contributed by atoms with Gasteiger partial charge in [-0.25, -0.2) is 0 Å². The minimum atomic E-state index is -0.164. The van der Waals surface area contributed by atoms with Crippen LogP contribution in [0.4, 0.5) is 0 Å². The zero-order valence-electron chi connectivity index (χ0n) is 9.95. The van der Waals surface area contributed by atoms with E-state index in [4.69, 9.17) is 21.1 Å². The van der Waals surface area contributed by atoms with Gasteiger partial charge in [-0.2, -0.15) is 0 Å². The van der Waals surface area contributed by atoms with Crippen LogP contribution in [0.3, 0.4) is 0 Å². The summed E-state index contributed by atoms with van der Waals surface area (Å²) in [5, 5.41) is 0.719. The van der Waals surface area contributed by atoms with Gasteiger partial charge in [0.25, 0.3) is 0 Å². The molecule has 0 spiro atoms. The van der Waals surface area contributed by atoms with Gasteiger partial charge < -0.3 is 9.47 Å². The van der Waals surface area contributed by atoms with Gasteiger partial charge in [-0.15, -0.1) is 0 Å². The fourth-order valence-electron chi connectivity index (χ4n) is 1.32. The van der Waals surface area contributed by atoms with E-state index in [0.29, 0.717) is 32.7 Å². The van der Waals surface area contributed by atoms with Crippen LogP contribution in [-0.4, -0.2) is 19.2 Å². The van der Waals surface area contributed by atoms with Crippen molar-refractivity contribution in [3.05, 3.63) is 34.9 Å². The van der Waals surface area contributed by atoms with Crippen LogP contribution < -0.4 is 0 Å². The Kier molecular flexibility index (Phi) is 6.67. The molecule has 0 saturated heterocycles. The van der Waals surface area contributed by atoms with Crippen LogP contribution in [0, 0.1) is 0 Å². The van der Waals surface area contributed by atoms with Gasteiger partial charge in [0, 0.05) is 18.1 Å². The quantitative estimate of drug-likeness (QED) is 0.555. The molecule has 0 aliphatic rings. The fraction of sp³-hybridized carbons (Fsp3) is 0.462. The van der Waals surface area contributed by atoms with Crippen molar-refractivity contribution in [3.63, 3.8) is 0 Å². The van der Waals surface area contributed by atoms with Crippen molar-refractivity contribution in [2.24, 2.45) is 0 Å². The monoisotopic (exact) mass is 256 g/mol. The van der Waals surface area contributed by atoms with Crippen LogP contribution in [0.1, 0.15) is 25.3 Å². The number of hydrogen-bond acceptors (Lipinski definition) is 3. The van der Waals surface area contributed by atoms with E-state index in [1.807, 2.05) is 24.3 Å². The lowest BCUT2D eigenvalue weighted by Gasteiger charge is -2.04. The summed E-state index contributed by atoms with van der Waals surface area (Å²) in [6.07, 6.45) is 1.10. The molecule has 1 aromatic carbocycles. The Morgan fingerprint density at radius 2 is 2.00 bits per heavy atom. The third-order valence-electron chi connectivity index (χ3n) is 2.16. The molecule has 1 rings (SSSR count). The fourth-order valence-corrected chi connectivity index (χ4v) is 1.45. The highest BCUT2D eigenvalue weighted by Gasteiger charge is 2.00. The van der Waals surface area contributed by atoms with E-state index < -0.39 is 0 Å². The maximum atomic E-state index is 11.0. The second-order valence-corrected chi connectivity index (χ2v) is 4.02. The van der Waals surface area contributed by atoms with Gasteiger partial charge in [0.2, 0.25) is 0 Å². The van der Waals surface area contributed by atoms with Crippen LogP contribution in [0.2, 0.25) is 5.02 Å². The maximum absolute atomic E-state index is 11.0. The lowest BCUT2D eigenvalue weighted by molar-refractivity contribution is -0.143. The minimum absolute atomic E-state index is 0.164. The van der Waals surface area contributed by atoms with Crippen molar-refractivity contribution in [1.82, 2.24) is 0 Å². The zero-order chi connectivity index (χ0) is 12.5. The third kappa shape index (κ3) is 6.29. The van der Waals surface area contributed by atoms with Gasteiger partial charge >= 0.3 is 5.97 Å².